The van der Waals surface area contributed by atoms with Gasteiger partial charge in [-0.05, 0) is 44.4 Å². The molecule has 2 heterocycles. The third-order valence-electron chi connectivity index (χ3n) is 4.30. The van der Waals surface area contributed by atoms with Gasteiger partial charge in [-0.15, -0.1) is 0 Å². The van der Waals surface area contributed by atoms with Gasteiger partial charge >= 0.3 is 0 Å². The van der Waals surface area contributed by atoms with Crippen molar-refractivity contribution in [2.75, 3.05) is 13.2 Å². The van der Waals surface area contributed by atoms with E-state index >= 15 is 0 Å². The maximum absolute atomic E-state index is 12.4. The van der Waals surface area contributed by atoms with Gasteiger partial charge in [0.1, 0.15) is 12.1 Å². The Labute approximate surface area is 156 Å². The molecule has 8 heteroatoms. The van der Waals surface area contributed by atoms with Crippen molar-refractivity contribution < 1.29 is 9.53 Å². The molecule has 142 valence electrons. The van der Waals surface area contributed by atoms with E-state index in [2.05, 4.69) is 20.4 Å². The Morgan fingerprint density at radius 2 is 2.04 bits per heavy atom. The summed E-state index contributed by atoms with van der Waals surface area (Å²) in [5.74, 6) is 1.09. The van der Waals surface area contributed by atoms with Crippen molar-refractivity contribution in [1.82, 2.24) is 24.9 Å². The highest BCUT2D eigenvalue weighted by Crippen LogP contribution is 2.12. The minimum atomic E-state index is -0.211. The lowest BCUT2D eigenvalue weighted by Gasteiger charge is -2.08. The van der Waals surface area contributed by atoms with Crippen LogP contribution in [0.3, 0.4) is 0 Å². The Hall–Kier alpha value is -3.16. The molecule has 0 unspecified atom stereocenters. The minimum Gasteiger partial charge on any atom is -0.494 e. The molecule has 0 saturated carbocycles. The van der Waals surface area contributed by atoms with Gasteiger partial charge in [-0.25, -0.2) is 9.97 Å². The molecule has 2 N–H and O–H groups in total. The summed E-state index contributed by atoms with van der Waals surface area (Å²) in [6.07, 6.45) is 2.73. The normalized spacial score (nSPS) is 10.9. The quantitative estimate of drug-likeness (QED) is 0.625. The van der Waals surface area contributed by atoms with Gasteiger partial charge in [0.25, 0.3) is 11.3 Å². The maximum Gasteiger partial charge on any atom is 0.277 e. The zero-order valence-corrected chi connectivity index (χ0v) is 15.5. The molecule has 0 saturated heterocycles. The second-order valence-electron chi connectivity index (χ2n) is 6.18. The lowest BCUT2D eigenvalue weighted by Crippen LogP contribution is -2.28. The summed E-state index contributed by atoms with van der Waals surface area (Å²) in [5.41, 5.74) is 2.05. The number of carbonyl (C=O) groups is 1. The topological polar surface area (TPSA) is 101 Å². The number of amides is 1. The van der Waals surface area contributed by atoms with Gasteiger partial charge in [0.05, 0.1) is 12.3 Å². The van der Waals surface area contributed by atoms with E-state index in [0.717, 1.165) is 17.7 Å². The van der Waals surface area contributed by atoms with E-state index in [4.69, 9.17) is 4.74 Å². The third-order valence-corrected chi connectivity index (χ3v) is 4.30. The molecule has 0 fully saturated rings. The summed E-state index contributed by atoms with van der Waals surface area (Å²) in [7, 11) is 0. The molecule has 0 aliphatic carbocycles. The van der Waals surface area contributed by atoms with Crippen molar-refractivity contribution in [3.63, 3.8) is 0 Å². The number of hydrogen-bond acceptors (Lipinski definition) is 5. The van der Waals surface area contributed by atoms with E-state index in [-0.39, 0.29) is 17.9 Å². The molecule has 0 radical (unpaired) electrons. The Morgan fingerprint density at radius 1 is 1.26 bits per heavy atom. The number of rotatable bonds is 8. The number of hydrogen-bond donors (Lipinski definition) is 2. The molecule has 2 aromatic heterocycles. The summed E-state index contributed by atoms with van der Waals surface area (Å²) >= 11 is 0. The van der Waals surface area contributed by atoms with Crippen LogP contribution >= 0.6 is 0 Å². The highest BCUT2D eigenvalue weighted by Gasteiger charge is 2.12. The number of aromatic amines is 1. The fourth-order valence-corrected chi connectivity index (χ4v) is 2.88. The van der Waals surface area contributed by atoms with Crippen LogP contribution in [0.2, 0.25) is 0 Å². The number of nitrogens with zero attached hydrogens (tertiary/aromatic N) is 3. The van der Waals surface area contributed by atoms with Crippen LogP contribution in [0.1, 0.15) is 30.2 Å². The lowest BCUT2D eigenvalue weighted by molar-refractivity contribution is -0.121. The van der Waals surface area contributed by atoms with E-state index in [1.165, 1.54) is 10.8 Å². The molecule has 0 atom stereocenters. The van der Waals surface area contributed by atoms with Crippen molar-refractivity contribution in [3.8, 4) is 5.75 Å². The van der Waals surface area contributed by atoms with Crippen LogP contribution in [-0.4, -0.2) is 38.6 Å². The molecule has 27 heavy (non-hydrogen) atoms. The monoisotopic (exact) mass is 369 g/mol. The van der Waals surface area contributed by atoms with Crippen LogP contribution < -0.4 is 15.6 Å². The molecule has 0 aliphatic heterocycles. The number of fused-ring (bicyclic) bond motifs is 1. The van der Waals surface area contributed by atoms with Crippen molar-refractivity contribution in [3.05, 3.63) is 57.8 Å². The van der Waals surface area contributed by atoms with Gasteiger partial charge in [-0.1, -0.05) is 12.1 Å². The zero-order valence-electron chi connectivity index (χ0n) is 15.5. The first-order valence-corrected chi connectivity index (χ1v) is 8.98. The van der Waals surface area contributed by atoms with Gasteiger partial charge in [0.2, 0.25) is 5.91 Å². The standard InChI is InChI=1S/C19H23N5O3/c1-3-27-15-6-4-14(5-7-15)10-11-20-17(25)9-8-16-13(2)23-19-21-12-22-24(19)18(16)26/h4-7,12H,3,8-11H2,1-2H3,(H,20,25)(H,21,22,23). The Morgan fingerprint density at radius 3 is 2.78 bits per heavy atom. The van der Waals surface area contributed by atoms with Gasteiger partial charge in [-0.2, -0.15) is 4.52 Å². The smallest absolute Gasteiger partial charge is 0.277 e. The molecule has 3 aromatic rings. The van der Waals surface area contributed by atoms with E-state index < -0.39 is 0 Å². The van der Waals surface area contributed by atoms with Crippen LogP contribution in [0, 0.1) is 6.92 Å². The average Bonchev–Trinajstić information content (AvgIpc) is 3.12. The van der Waals surface area contributed by atoms with Crippen molar-refractivity contribution in [2.24, 2.45) is 0 Å². The van der Waals surface area contributed by atoms with E-state index in [1.807, 2.05) is 31.2 Å². The number of ether oxygens (including phenoxy) is 1. The van der Waals surface area contributed by atoms with Gasteiger partial charge in [0.15, 0.2) is 0 Å². The summed E-state index contributed by atoms with van der Waals surface area (Å²) in [5, 5.41) is 5.62. The second kappa shape index (κ2) is 8.48. The highest BCUT2D eigenvalue weighted by molar-refractivity contribution is 5.76. The molecule has 1 amide bonds. The summed E-state index contributed by atoms with van der Waals surface area (Å²) in [6.45, 7) is 4.89. The Bertz CT molecular complexity index is 975. The molecule has 8 nitrogen and oxygen atoms in total. The number of aromatic nitrogens is 4. The lowest BCUT2D eigenvalue weighted by atomic mass is 10.1. The molecular weight excluding hydrogens is 346 g/mol. The average molecular weight is 369 g/mol. The van der Waals surface area contributed by atoms with Crippen LogP contribution in [0.4, 0.5) is 0 Å². The van der Waals surface area contributed by atoms with Gasteiger partial charge in [-0.3, -0.25) is 14.7 Å². The zero-order chi connectivity index (χ0) is 19.2. The first-order valence-electron chi connectivity index (χ1n) is 8.98. The van der Waals surface area contributed by atoms with Crippen molar-refractivity contribution in [2.45, 2.75) is 33.1 Å². The minimum absolute atomic E-state index is 0.0885. The summed E-state index contributed by atoms with van der Waals surface area (Å²) in [6, 6.07) is 7.84. The molecule has 0 aliphatic rings. The molecule has 0 spiro atoms. The van der Waals surface area contributed by atoms with Crippen molar-refractivity contribution >= 4 is 11.7 Å². The van der Waals surface area contributed by atoms with E-state index in [9.17, 15) is 9.59 Å². The molecule has 0 bridgehead atoms. The maximum atomic E-state index is 12.4. The summed E-state index contributed by atoms with van der Waals surface area (Å²) < 4.78 is 6.69. The molecule has 3 rings (SSSR count). The first kappa shape index (κ1) is 18.6. The number of benzene rings is 1. The van der Waals surface area contributed by atoms with Gasteiger partial charge < -0.3 is 10.1 Å². The third kappa shape index (κ3) is 4.52. The fraction of sp³-hybridized carbons (Fsp3) is 0.368. The first-order chi connectivity index (χ1) is 13.1. The predicted octanol–water partition coefficient (Wildman–Crippen LogP) is 1.42. The summed E-state index contributed by atoms with van der Waals surface area (Å²) in [4.78, 5) is 32.8. The van der Waals surface area contributed by atoms with E-state index in [1.54, 1.807) is 6.92 Å². The molecule has 1 aromatic carbocycles. The predicted molar refractivity (Wildman–Crippen MR) is 101 cm³/mol. The number of aryl methyl sites for hydroxylation is 1. The van der Waals surface area contributed by atoms with E-state index in [0.29, 0.717) is 36.6 Å². The van der Waals surface area contributed by atoms with Crippen LogP contribution in [0.5, 0.6) is 5.75 Å². The van der Waals surface area contributed by atoms with Gasteiger partial charge in [0, 0.05) is 18.5 Å². The van der Waals surface area contributed by atoms with Crippen LogP contribution in [-0.2, 0) is 17.6 Å². The number of H-pyrrole nitrogens is 1. The highest BCUT2D eigenvalue weighted by atomic mass is 16.5. The largest absolute Gasteiger partial charge is 0.494 e. The van der Waals surface area contributed by atoms with Crippen LogP contribution in [0.15, 0.2) is 35.4 Å². The fourth-order valence-electron chi connectivity index (χ4n) is 2.88. The second-order valence-corrected chi connectivity index (χ2v) is 6.18. The van der Waals surface area contributed by atoms with Crippen molar-refractivity contribution in [1.29, 1.82) is 0 Å². The number of carbonyl (C=O) groups excluding carboxylic acids is 1. The van der Waals surface area contributed by atoms with Crippen LogP contribution in [0.25, 0.3) is 5.78 Å². The SMILES string of the molecule is CCOc1ccc(CCNC(=O)CCc2c(C)nc3nc[nH]n3c2=O)cc1. The molecular formula is C19H23N5O3. The number of nitrogens with one attached hydrogen (secondary N) is 2. The Kier molecular flexibility index (Phi) is 5.85. The Balaban J connectivity index is 1.49.